The van der Waals surface area contributed by atoms with Gasteiger partial charge in [0.15, 0.2) is 24.7 Å². The Balaban J connectivity index is 1.38. The molecule has 5 aliphatic rings. The summed E-state index contributed by atoms with van der Waals surface area (Å²) in [7, 11) is 4.36. The molecule has 1 unspecified atom stereocenters. The van der Waals surface area contributed by atoms with Crippen molar-refractivity contribution in [3.8, 4) is 0 Å². The lowest BCUT2D eigenvalue weighted by Crippen LogP contribution is -2.62. The third-order valence-corrected chi connectivity index (χ3v) is 12.2. The number of esters is 1. The summed E-state index contributed by atoms with van der Waals surface area (Å²) >= 11 is 0. The van der Waals surface area contributed by atoms with Crippen LogP contribution in [0.1, 0.15) is 54.4 Å². The molecule has 6 N–H and O–H groups in total. The van der Waals surface area contributed by atoms with Gasteiger partial charge in [0.25, 0.3) is 0 Å². The van der Waals surface area contributed by atoms with Crippen LogP contribution in [0.4, 0.5) is 0 Å². The third-order valence-electron chi connectivity index (χ3n) is 12.2. The molecule has 5 rings (SSSR count). The van der Waals surface area contributed by atoms with Gasteiger partial charge in [-0.15, -0.1) is 0 Å². The normalized spacial score (nSPS) is 49.4. The van der Waals surface area contributed by atoms with Crippen LogP contribution in [0.3, 0.4) is 0 Å². The second-order valence-corrected chi connectivity index (χ2v) is 16.9. The summed E-state index contributed by atoms with van der Waals surface area (Å²) in [5.41, 5.74) is -1.87. The highest BCUT2D eigenvalue weighted by Crippen LogP contribution is 2.38. The Morgan fingerprint density at radius 1 is 0.733 bits per heavy atom. The van der Waals surface area contributed by atoms with Gasteiger partial charge in [0.2, 0.25) is 0 Å². The third kappa shape index (κ3) is 11.4. The Kier molecular flexibility index (Phi) is 17.2. The van der Waals surface area contributed by atoms with Gasteiger partial charge >= 0.3 is 5.97 Å². The van der Waals surface area contributed by atoms with E-state index in [1.807, 2.05) is 0 Å². The summed E-state index contributed by atoms with van der Waals surface area (Å²) in [6.07, 6.45) is -12.0. The Morgan fingerprint density at radius 2 is 1.42 bits per heavy atom. The maximum Gasteiger partial charge on any atom is 0.330 e. The minimum atomic E-state index is -1.87. The van der Waals surface area contributed by atoms with Crippen molar-refractivity contribution in [2.75, 3.05) is 34.5 Å². The molecule has 0 amide bonds. The monoisotopic (exact) mass is 862 g/mol. The van der Waals surface area contributed by atoms with Gasteiger partial charge in [0, 0.05) is 45.7 Å². The summed E-state index contributed by atoms with van der Waals surface area (Å²) in [5.74, 6) is -2.95. The van der Waals surface area contributed by atoms with Crippen LogP contribution in [0.25, 0.3) is 0 Å². The number of carbonyl (C=O) groups is 2. The number of aliphatic hydroxyl groups is 6. The lowest BCUT2D eigenvalue weighted by Gasteiger charge is -2.46. The predicted octanol–water partition coefficient (Wildman–Crippen LogP) is -0.717. The average molecular weight is 863 g/mol. The van der Waals surface area contributed by atoms with Gasteiger partial charge in [-0.3, -0.25) is 4.79 Å². The van der Waals surface area contributed by atoms with Crippen LogP contribution >= 0.6 is 0 Å². The van der Waals surface area contributed by atoms with Crippen molar-refractivity contribution >= 4 is 11.8 Å². The smallest absolute Gasteiger partial charge is 0.330 e. The number of ketones is 1. The van der Waals surface area contributed by atoms with Crippen LogP contribution in [-0.2, 0) is 61.7 Å². The molecular weight excluding hydrogens is 796 g/mol. The number of fused-ring (bicyclic) bond motifs is 1. The molecule has 4 saturated heterocycles. The number of hydrogen-bond donors (Lipinski definition) is 6. The molecule has 344 valence electrons. The number of cyclic esters (lactones) is 1. The minimum absolute atomic E-state index is 0.0267. The quantitative estimate of drug-likeness (QED) is 0.111. The van der Waals surface area contributed by atoms with Crippen molar-refractivity contribution < 1.29 is 92.3 Å². The van der Waals surface area contributed by atoms with E-state index in [1.54, 1.807) is 46.8 Å². The highest BCUT2D eigenvalue weighted by atomic mass is 16.8. The predicted molar refractivity (Wildman–Crippen MR) is 206 cm³/mol. The maximum atomic E-state index is 13.6. The molecule has 5 aliphatic heterocycles. The maximum absolute atomic E-state index is 13.6. The lowest BCUT2D eigenvalue weighted by molar-refractivity contribution is -0.362. The summed E-state index contributed by atoms with van der Waals surface area (Å²) in [6.45, 7) is 9.46. The molecule has 0 saturated carbocycles. The van der Waals surface area contributed by atoms with Crippen LogP contribution in [-0.4, -0.2) is 193 Å². The van der Waals surface area contributed by atoms with Crippen molar-refractivity contribution in [1.82, 2.24) is 0 Å². The molecule has 19 nitrogen and oxygen atoms in total. The second kappa shape index (κ2) is 21.1. The van der Waals surface area contributed by atoms with Crippen LogP contribution < -0.4 is 0 Å². The average Bonchev–Trinajstić information content (AvgIpc) is 3.98. The number of aliphatic hydroxyl groups excluding tert-OH is 5. The molecule has 22 atom stereocenters. The molecule has 0 aromatic carbocycles. The van der Waals surface area contributed by atoms with Gasteiger partial charge < -0.3 is 82.7 Å². The zero-order valence-corrected chi connectivity index (χ0v) is 35.8. The first kappa shape index (κ1) is 49.0. The van der Waals surface area contributed by atoms with Crippen molar-refractivity contribution in [3.05, 3.63) is 24.3 Å². The van der Waals surface area contributed by atoms with Gasteiger partial charge in [-0.25, -0.2) is 4.79 Å². The minimum Gasteiger partial charge on any atom is -0.459 e. The van der Waals surface area contributed by atoms with Crippen molar-refractivity contribution in [2.24, 2.45) is 17.8 Å². The molecule has 0 bridgehead atoms. The Hall–Kier alpha value is -2.02. The Bertz CT molecular complexity index is 1460. The number of carbonyl (C=O) groups excluding carboxylic acids is 2. The molecule has 0 radical (unpaired) electrons. The first-order chi connectivity index (χ1) is 28.3. The highest BCUT2D eigenvalue weighted by Gasteiger charge is 2.51. The lowest BCUT2D eigenvalue weighted by atomic mass is 9.82. The molecular formula is C41H66O19. The zero-order chi connectivity index (χ0) is 44.2. The second-order valence-electron chi connectivity index (χ2n) is 16.9. The van der Waals surface area contributed by atoms with E-state index in [4.69, 9.17) is 52.1 Å². The van der Waals surface area contributed by atoms with Crippen molar-refractivity contribution in [2.45, 2.75) is 170 Å². The summed E-state index contributed by atoms with van der Waals surface area (Å²) in [6, 6.07) is 0. The molecule has 0 aromatic rings. The molecule has 60 heavy (non-hydrogen) atoms. The molecule has 19 heteroatoms. The van der Waals surface area contributed by atoms with E-state index in [-0.39, 0.29) is 13.0 Å². The first-order valence-corrected chi connectivity index (χ1v) is 20.6. The molecule has 0 aliphatic carbocycles. The standard InChI is InChI=1S/C41H66O19/c1-18-10-13-28(44)55-21(4)23(17-53-39-37(52-9)36(51-8)29(45)22(5)56-39)34-24(57-34)11-12-27(43)41(6,49)15-19(2)33(18)59-40-35(25(50-7)14-20(3)54-40)60-38-32(48)31(47)30(46)26(16-42)58-38/h10-13,18-26,29-40,42,45-49H,14-17H2,1-9H3/b12-11+,13-10+/t18-,19-,20+,21+,22+,23+,24+,25-,26+,29+,30+,31-,32+,33?,34-,35+,36+,37+,38-,39+,40-,41-/m0/s1. The van der Waals surface area contributed by atoms with E-state index in [1.165, 1.54) is 40.4 Å². The van der Waals surface area contributed by atoms with Crippen LogP contribution in [0.5, 0.6) is 0 Å². The van der Waals surface area contributed by atoms with Crippen molar-refractivity contribution in [1.29, 1.82) is 0 Å². The Morgan fingerprint density at radius 3 is 2.07 bits per heavy atom. The number of ether oxygens (including phenoxy) is 11. The highest BCUT2D eigenvalue weighted by molar-refractivity contribution is 5.96. The molecule has 4 fully saturated rings. The van der Waals surface area contributed by atoms with E-state index in [2.05, 4.69) is 0 Å². The number of methoxy groups -OCH3 is 3. The SMILES string of the molecule is CO[C@@H]1[C@H](O)[C@@H](C)O[C@@H](OC[C@H]2[C@@H]3O[C@@H]3/C=C/C(=O)[C@@](C)(O)C[C@H](C)C(O[C@@H]3O[C@H](C)C[C@H](OC)[C@H]3O[C@@H]3O[C@H](CO)[C@@H](O)[C@H](O)[C@H]3O)[C@@H](C)/C=C/C(=O)O[C@@H]2C)[C@@H]1OC. The van der Waals surface area contributed by atoms with Crippen LogP contribution in [0.2, 0.25) is 0 Å². The molecule has 0 spiro atoms. The fourth-order valence-corrected chi connectivity index (χ4v) is 8.59. The number of hydrogen-bond acceptors (Lipinski definition) is 19. The number of epoxide rings is 1. The fourth-order valence-electron chi connectivity index (χ4n) is 8.59. The van der Waals surface area contributed by atoms with Crippen molar-refractivity contribution in [3.63, 3.8) is 0 Å². The fraction of sp³-hybridized carbons (Fsp3) is 0.854. The van der Waals surface area contributed by atoms with Crippen LogP contribution in [0, 0.1) is 17.8 Å². The summed E-state index contributed by atoms with van der Waals surface area (Å²) in [5, 5.41) is 63.5. The van der Waals surface area contributed by atoms with Gasteiger partial charge in [0.1, 0.15) is 66.6 Å². The summed E-state index contributed by atoms with van der Waals surface area (Å²) < 4.78 is 65.5. The molecule has 5 heterocycles. The van der Waals surface area contributed by atoms with E-state index >= 15 is 0 Å². The van der Waals surface area contributed by atoms with E-state index < -0.39 is 152 Å². The zero-order valence-electron chi connectivity index (χ0n) is 35.8. The van der Waals surface area contributed by atoms with Gasteiger partial charge in [-0.05, 0) is 52.2 Å². The van der Waals surface area contributed by atoms with Crippen LogP contribution in [0.15, 0.2) is 24.3 Å². The van der Waals surface area contributed by atoms with E-state index in [0.717, 1.165) is 0 Å². The summed E-state index contributed by atoms with van der Waals surface area (Å²) in [4.78, 5) is 27.0. The van der Waals surface area contributed by atoms with Gasteiger partial charge in [-0.1, -0.05) is 19.9 Å². The van der Waals surface area contributed by atoms with E-state index in [0.29, 0.717) is 6.42 Å². The Labute approximate surface area is 350 Å². The largest absolute Gasteiger partial charge is 0.459 e. The first-order valence-electron chi connectivity index (χ1n) is 20.6. The van der Waals surface area contributed by atoms with Gasteiger partial charge in [0.05, 0.1) is 43.7 Å². The topological polar surface area (TPSA) is 260 Å². The van der Waals surface area contributed by atoms with Gasteiger partial charge in [-0.2, -0.15) is 0 Å². The molecule has 0 aromatic heterocycles. The number of rotatable bonds is 11. The van der Waals surface area contributed by atoms with E-state index in [9.17, 15) is 40.2 Å².